The molecule has 2 N–H and O–H groups in total. The van der Waals surface area contributed by atoms with Crippen molar-refractivity contribution < 1.29 is 18.0 Å². The maximum Gasteiger partial charge on any atom is 0.434 e. The van der Waals surface area contributed by atoms with Gasteiger partial charge in [0.2, 0.25) is 0 Å². The molecule has 0 amide bonds. The van der Waals surface area contributed by atoms with E-state index in [-0.39, 0.29) is 5.69 Å². The van der Waals surface area contributed by atoms with Gasteiger partial charge in [0.25, 0.3) is 0 Å². The predicted octanol–water partition coefficient (Wildman–Crippen LogP) is 2.40. The minimum Gasteiger partial charge on any atom is -0.404 e. The molecule has 0 radical (unpaired) electrons. The number of rotatable bonds is 3. The van der Waals surface area contributed by atoms with Crippen molar-refractivity contribution in [3.05, 3.63) is 42.4 Å². The van der Waals surface area contributed by atoms with Crippen molar-refractivity contribution in [2.24, 2.45) is 10.7 Å². The highest BCUT2D eigenvalue weighted by Gasteiger charge is 2.39. The molecule has 0 unspecified atom stereocenters. The van der Waals surface area contributed by atoms with Crippen LogP contribution in [0.1, 0.15) is 6.92 Å². The van der Waals surface area contributed by atoms with Gasteiger partial charge < -0.3 is 5.73 Å². The molecule has 0 saturated heterocycles. The van der Waals surface area contributed by atoms with Crippen molar-refractivity contribution in [2.45, 2.75) is 13.1 Å². The number of alkyl halides is 3. The van der Waals surface area contributed by atoms with Gasteiger partial charge in [0.15, 0.2) is 11.5 Å². The minimum absolute atomic E-state index is 0.0444. The topological polar surface area (TPSA) is 72.8 Å². The lowest BCUT2D eigenvalue weighted by Gasteiger charge is -2.12. The van der Waals surface area contributed by atoms with Crippen LogP contribution >= 0.6 is 0 Å². The number of hydrogen-bond acceptors (Lipinski definition) is 4. The Morgan fingerprint density at radius 1 is 1.43 bits per heavy atom. The predicted molar refractivity (Wildman–Crippen MR) is 71.3 cm³/mol. The van der Waals surface area contributed by atoms with Crippen LogP contribution in [-0.4, -0.2) is 27.3 Å². The summed E-state index contributed by atoms with van der Waals surface area (Å²) in [5.74, 6) is -0.811. The van der Waals surface area contributed by atoms with Crippen LogP contribution in [0.15, 0.2) is 47.4 Å². The first kappa shape index (κ1) is 14.8. The van der Waals surface area contributed by atoms with E-state index in [1.807, 2.05) is 0 Å². The lowest BCUT2D eigenvalue weighted by atomic mass is 10.1. The van der Waals surface area contributed by atoms with Gasteiger partial charge in [-0.2, -0.15) is 18.3 Å². The van der Waals surface area contributed by atoms with Crippen LogP contribution in [0.4, 0.5) is 18.9 Å². The summed E-state index contributed by atoms with van der Waals surface area (Å²) in [6, 6.07) is 4.43. The summed E-state index contributed by atoms with van der Waals surface area (Å²) in [6.45, 7) is 0.999. The maximum atomic E-state index is 13.1. The lowest BCUT2D eigenvalue weighted by Crippen LogP contribution is -2.28. The number of ketones is 1. The molecule has 0 saturated carbocycles. The van der Waals surface area contributed by atoms with E-state index in [1.165, 1.54) is 28.9 Å². The fourth-order valence-corrected chi connectivity index (χ4v) is 1.79. The number of aliphatic imine (C=N–C) groups is 1. The van der Waals surface area contributed by atoms with Gasteiger partial charge in [0, 0.05) is 12.4 Å². The molecule has 2 heterocycles. The van der Waals surface area contributed by atoms with Gasteiger partial charge >= 0.3 is 6.18 Å². The smallest absolute Gasteiger partial charge is 0.404 e. The van der Waals surface area contributed by atoms with E-state index in [9.17, 15) is 18.0 Å². The molecule has 0 aliphatic rings. The molecular weight excluding hydrogens is 285 g/mol. The van der Waals surface area contributed by atoms with Gasteiger partial charge in [-0.05, 0) is 25.1 Å². The Kier molecular flexibility index (Phi) is 3.79. The molecule has 5 nitrogen and oxygen atoms in total. The first-order chi connectivity index (χ1) is 9.84. The van der Waals surface area contributed by atoms with Crippen LogP contribution in [-0.2, 0) is 4.79 Å². The average Bonchev–Trinajstić information content (AvgIpc) is 2.86. The second kappa shape index (κ2) is 5.39. The van der Waals surface area contributed by atoms with Crippen LogP contribution in [0, 0.1) is 0 Å². The Morgan fingerprint density at radius 2 is 2.14 bits per heavy atom. The minimum atomic E-state index is -4.80. The summed E-state index contributed by atoms with van der Waals surface area (Å²) in [5.41, 5.74) is 3.56. The van der Waals surface area contributed by atoms with Crippen LogP contribution in [0.2, 0.25) is 0 Å². The zero-order chi connectivity index (χ0) is 15.6. The molecule has 0 bridgehead atoms. The monoisotopic (exact) mass is 296 g/mol. The highest BCUT2D eigenvalue weighted by molar-refractivity contribution is 6.24. The van der Waals surface area contributed by atoms with Crippen LogP contribution in [0.5, 0.6) is 0 Å². The van der Waals surface area contributed by atoms with Gasteiger partial charge in [-0.1, -0.05) is 0 Å². The molecule has 2 aromatic heterocycles. The summed E-state index contributed by atoms with van der Waals surface area (Å²) in [5, 5.41) is 3.91. The third kappa shape index (κ3) is 2.93. The number of allylic oxidation sites excluding steroid dienone is 1. The van der Waals surface area contributed by atoms with E-state index in [0.29, 0.717) is 11.7 Å². The summed E-state index contributed by atoms with van der Waals surface area (Å²) in [6.07, 6.45) is -1.17. The number of nitrogens with two attached hydrogens (primary N) is 1. The van der Waals surface area contributed by atoms with Gasteiger partial charge in [-0.3, -0.25) is 4.79 Å². The number of Topliss-reactive ketones (excluding diaryl/α,β-unsaturated/α-hetero) is 1. The second-order valence-corrected chi connectivity index (χ2v) is 4.15. The van der Waals surface area contributed by atoms with Crippen LogP contribution in [0.3, 0.4) is 0 Å². The number of pyridine rings is 1. The van der Waals surface area contributed by atoms with Crippen LogP contribution in [0.25, 0.3) is 5.52 Å². The van der Waals surface area contributed by atoms with E-state index in [1.54, 1.807) is 6.20 Å². The van der Waals surface area contributed by atoms with Crippen molar-refractivity contribution in [2.75, 3.05) is 0 Å². The fraction of sp³-hybridized carbons (Fsp3) is 0.154. The Morgan fingerprint density at radius 3 is 2.71 bits per heavy atom. The Bertz CT molecular complexity index is 743. The molecule has 110 valence electrons. The fourth-order valence-electron chi connectivity index (χ4n) is 1.79. The average molecular weight is 296 g/mol. The van der Waals surface area contributed by atoms with Crippen molar-refractivity contribution in [1.82, 2.24) is 9.61 Å². The summed E-state index contributed by atoms with van der Waals surface area (Å²) < 4.78 is 40.8. The molecule has 2 aromatic rings. The Hall–Kier alpha value is -2.64. The zero-order valence-corrected chi connectivity index (χ0v) is 10.9. The quantitative estimate of drug-likeness (QED) is 0.698. The summed E-state index contributed by atoms with van der Waals surface area (Å²) in [4.78, 5) is 14.9. The normalized spacial score (nSPS) is 13.7. The van der Waals surface area contributed by atoms with Crippen molar-refractivity contribution in [3.8, 4) is 0 Å². The Balaban J connectivity index is 2.66. The first-order valence-corrected chi connectivity index (χ1v) is 5.86. The standard InChI is InChI=1S/C13H11F3N4O/c1-8(21)9(7-17)12(13(14,15)16)19-10-3-2-6-20-11(10)4-5-18-20/h2-7H,17H2,1H3. The number of nitrogens with zero attached hydrogens (tertiary/aromatic N) is 3. The number of hydrogen-bond donors (Lipinski definition) is 1. The van der Waals surface area contributed by atoms with E-state index >= 15 is 0 Å². The summed E-state index contributed by atoms with van der Waals surface area (Å²) >= 11 is 0. The number of fused-ring (bicyclic) bond motifs is 1. The summed E-state index contributed by atoms with van der Waals surface area (Å²) in [7, 11) is 0. The third-order valence-corrected chi connectivity index (χ3v) is 2.72. The largest absolute Gasteiger partial charge is 0.434 e. The van der Waals surface area contributed by atoms with Crippen molar-refractivity contribution in [3.63, 3.8) is 0 Å². The van der Waals surface area contributed by atoms with Gasteiger partial charge in [-0.15, -0.1) is 0 Å². The van der Waals surface area contributed by atoms with Crippen molar-refractivity contribution in [1.29, 1.82) is 0 Å². The van der Waals surface area contributed by atoms with Gasteiger partial charge in [0.1, 0.15) is 0 Å². The highest BCUT2D eigenvalue weighted by atomic mass is 19.4. The molecule has 2 rings (SSSR count). The number of carbonyl (C=O) groups excluding carboxylic acids is 1. The SMILES string of the molecule is CC(=O)C(=CN)C(=Nc1cccn2nccc12)C(F)(F)F. The molecule has 0 atom stereocenters. The molecule has 0 aliphatic heterocycles. The van der Waals surface area contributed by atoms with E-state index in [2.05, 4.69) is 10.1 Å². The van der Waals surface area contributed by atoms with Gasteiger partial charge in [0.05, 0.1) is 23.0 Å². The van der Waals surface area contributed by atoms with E-state index in [4.69, 9.17) is 5.73 Å². The highest BCUT2D eigenvalue weighted by Crippen LogP contribution is 2.28. The van der Waals surface area contributed by atoms with Crippen LogP contribution < -0.4 is 5.73 Å². The number of carbonyl (C=O) groups is 1. The third-order valence-electron chi connectivity index (χ3n) is 2.72. The number of aromatic nitrogens is 2. The second-order valence-electron chi connectivity index (χ2n) is 4.15. The molecular formula is C13H11F3N4O. The van der Waals surface area contributed by atoms with Crippen molar-refractivity contribution >= 4 is 22.7 Å². The first-order valence-electron chi connectivity index (χ1n) is 5.86. The van der Waals surface area contributed by atoms with E-state index < -0.39 is 23.2 Å². The molecule has 0 aliphatic carbocycles. The Labute approximate surface area is 117 Å². The molecule has 0 spiro atoms. The van der Waals surface area contributed by atoms with E-state index in [0.717, 1.165) is 6.92 Å². The molecule has 0 aromatic carbocycles. The lowest BCUT2D eigenvalue weighted by molar-refractivity contribution is -0.113. The maximum absolute atomic E-state index is 13.1. The molecule has 0 fully saturated rings. The molecule has 21 heavy (non-hydrogen) atoms. The number of halogens is 3. The molecule has 8 heteroatoms. The zero-order valence-electron chi connectivity index (χ0n) is 10.9. The van der Waals surface area contributed by atoms with Gasteiger partial charge in [-0.25, -0.2) is 9.51 Å².